The Morgan fingerprint density at radius 2 is 1.78 bits per heavy atom. The van der Waals surface area contributed by atoms with Gasteiger partial charge in [-0.25, -0.2) is 0 Å². The topological polar surface area (TPSA) is 0 Å². The minimum Gasteiger partial charge on any atom is -0.0625 e. The van der Waals surface area contributed by atoms with Crippen molar-refractivity contribution in [1.82, 2.24) is 0 Å². The second kappa shape index (κ2) is 5.07. The number of benzene rings is 1. The third-order valence-corrected chi connectivity index (χ3v) is 5.56. The lowest BCUT2D eigenvalue weighted by atomic mass is 9.71. The van der Waals surface area contributed by atoms with Crippen LogP contribution < -0.4 is 0 Å². The average molecular weight is 242 g/mol. The lowest BCUT2D eigenvalue weighted by Gasteiger charge is -2.34. The zero-order chi connectivity index (χ0) is 12.5. The van der Waals surface area contributed by atoms with Crippen molar-refractivity contribution in [1.29, 1.82) is 0 Å². The van der Waals surface area contributed by atoms with Crippen LogP contribution in [0.15, 0.2) is 30.3 Å². The van der Waals surface area contributed by atoms with Gasteiger partial charge in [-0.3, -0.25) is 0 Å². The zero-order valence-corrected chi connectivity index (χ0v) is 11.8. The Morgan fingerprint density at radius 1 is 1.00 bits per heavy atom. The van der Waals surface area contributed by atoms with E-state index in [0.717, 1.165) is 29.6 Å². The molecule has 0 N–H and O–H groups in total. The SMILES string of the molecule is CC(C)C1CC2CCCC(c3ccccc3)C2C1. The predicted molar refractivity (Wildman–Crippen MR) is 77.6 cm³/mol. The first-order chi connectivity index (χ1) is 8.75. The van der Waals surface area contributed by atoms with Crippen LogP contribution in [0.25, 0.3) is 0 Å². The van der Waals surface area contributed by atoms with Crippen LogP contribution in [-0.4, -0.2) is 0 Å². The fourth-order valence-electron chi connectivity index (χ4n) is 4.50. The molecule has 4 unspecified atom stereocenters. The molecule has 0 radical (unpaired) electrons. The monoisotopic (exact) mass is 242 g/mol. The molecule has 1 aromatic rings. The molecule has 0 saturated heterocycles. The maximum atomic E-state index is 2.42. The number of hydrogen-bond acceptors (Lipinski definition) is 0. The van der Waals surface area contributed by atoms with Crippen molar-refractivity contribution >= 4 is 0 Å². The van der Waals surface area contributed by atoms with Gasteiger partial charge in [0.05, 0.1) is 0 Å². The molecule has 0 aromatic heterocycles. The fourth-order valence-corrected chi connectivity index (χ4v) is 4.50. The molecule has 1 aromatic carbocycles. The molecule has 2 fully saturated rings. The summed E-state index contributed by atoms with van der Waals surface area (Å²) in [5, 5.41) is 0. The van der Waals surface area contributed by atoms with Gasteiger partial charge in [-0.05, 0) is 54.4 Å². The Hall–Kier alpha value is -0.780. The first kappa shape index (κ1) is 12.3. The molecule has 0 heterocycles. The quantitative estimate of drug-likeness (QED) is 0.664. The fraction of sp³-hybridized carbons (Fsp3) is 0.667. The molecule has 18 heavy (non-hydrogen) atoms. The van der Waals surface area contributed by atoms with Gasteiger partial charge < -0.3 is 0 Å². The summed E-state index contributed by atoms with van der Waals surface area (Å²) in [5.41, 5.74) is 1.61. The average Bonchev–Trinajstić information content (AvgIpc) is 2.83. The van der Waals surface area contributed by atoms with E-state index in [4.69, 9.17) is 0 Å². The molecule has 0 heteroatoms. The van der Waals surface area contributed by atoms with Gasteiger partial charge in [0.1, 0.15) is 0 Å². The normalized spacial score (nSPS) is 35.7. The van der Waals surface area contributed by atoms with E-state index >= 15 is 0 Å². The highest BCUT2D eigenvalue weighted by molar-refractivity contribution is 5.22. The Labute approximate surface area is 112 Å². The molecule has 0 amide bonds. The van der Waals surface area contributed by atoms with E-state index in [9.17, 15) is 0 Å². The van der Waals surface area contributed by atoms with Crippen LogP contribution in [0.3, 0.4) is 0 Å². The van der Waals surface area contributed by atoms with E-state index in [1.807, 2.05) is 0 Å². The molecular weight excluding hydrogens is 216 g/mol. The highest BCUT2D eigenvalue weighted by Gasteiger charge is 2.41. The lowest BCUT2D eigenvalue weighted by Crippen LogP contribution is -2.22. The van der Waals surface area contributed by atoms with Crippen LogP contribution >= 0.6 is 0 Å². The van der Waals surface area contributed by atoms with Crippen LogP contribution in [0.5, 0.6) is 0 Å². The van der Waals surface area contributed by atoms with Crippen LogP contribution in [0.1, 0.15) is 57.4 Å². The van der Waals surface area contributed by atoms with Crippen molar-refractivity contribution in [2.24, 2.45) is 23.7 Å². The second-order valence-corrected chi connectivity index (χ2v) is 6.85. The molecule has 0 spiro atoms. The van der Waals surface area contributed by atoms with E-state index in [1.165, 1.54) is 32.1 Å². The van der Waals surface area contributed by atoms with Gasteiger partial charge in [-0.2, -0.15) is 0 Å². The Morgan fingerprint density at radius 3 is 2.50 bits per heavy atom. The summed E-state index contributed by atoms with van der Waals surface area (Å²) in [7, 11) is 0. The van der Waals surface area contributed by atoms with Crippen molar-refractivity contribution in [3.8, 4) is 0 Å². The van der Waals surface area contributed by atoms with Crippen molar-refractivity contribution in [3.63, 3.8) is 0 Å². The molecule has 2 saturated carbocycles. The van der Waals surface area contributed by atoms with Gasteiger partial charge in [0.15, 0.2) is 0 Å². The van der Waals surface area contributed by atoms with Gasteiger partial charge in [0, 0.05) is 0 Å². The molecule has 4 atom stereocenters. The van der Waals surface area contributed by atoms with Crippen molar-refractivity contribution < 1.29 is 0 Å². The van der Waals surface area contributed by atoms with Crippen LogP contribution in [-0.2, 0) is 0 Å². The largest absolute Gasteiger partial charge is 0.0625 e. The Balaban J connectivity index is 1.80. The Bertz CT molecular complexity index is 378. The molecule has 98 valence electrons. The van der Waals surface area contributed by atoms with Crippen LogP contribution in [0.2, 0.25) is 0 Å². The summed E-state index contributed by atoms with van der Waals surface area (Å²) in [6.07, 6.45) is 7.37. The van der Waals surface area contributed by atoms with E-state index < -0.39 is 0 Å². The Kier molecular flexibility index (Phi) is 3.46. The molecule has 0 aliphatic heterocycles. The van der Waals surface area contributed by atoms with E-state index in [-0.39, 0.29) is 0 Å². The number of rotatable bonds is 2. The minimum atomic E-state index is 0.855. The highest BCUT2D eigenvalue weighted by atomic mass is 14.5. The molecule has 0 bridgehead atoms. The molecule has 2 aliphatic carbocycles. The second-order valence-electron chi connectivity index (χ2n) is 6.85. The van der Waals surface area contributed by atoms with Gasteiger partial charge in [-0.1, -0.05) is 57.0 Å². The zero-order valence-electron chi connectivity index (χ0n) is 11.8. The number of hydrogen-bond donors (Lipinski definition) is 0. The minimum absolute atomic E-state index is 0.855. The van der Waals surface area contributed by atoms with Crippen molar-refractivity contribution in [3.05, 3.63) is 35.9 Å². The third kappa shape index (κ3) is 2.22. The van der Waals surface area contributed by atoms with Gasteiger partial charge in [0.25, 0.3) is 0 Å². The van der Waals surface area contributed by atoms with Crippen molar-refractivity contribution in [2.75, 3.05) is 0 Å². The summed E-state index contributed by atoms with van der Waals surface area (Å²) in [6, 6.07) is 11.3. The maximum Gasteiger partial charge on any atom is -0.0131 e. The number of fused-ring (bicyclic) bond motifs is 1. The van der Waals surface area contributed by atoms with E-state index in [0.29, 0.717) is 0 Å². The smallest absolute Gasteiger partial charge is 0.0131 e. The standard InChI is InChI=1S/C18H26/c1-13(2)16-11-15-9-6-10-17(18(15)12-16)14-7-4-3-5-8-14/h3-5,7-8,13,15-18H,6,9-12H2,1-2H3. The summed E-state index contributed by atoms with van der Waals surface area (Å²) in [5.74, 6) is 4.73. The maximum absolute atomic E-state index is 2.42. The van der Waals surface area contributed by atoms with Crippen molar-refractivity contribution in [2.45, 2.75) is 51.9 Å². The third-order valence-electron chi connectivity index (χ3n) is 5.56. The summed E-state index contributed by atoms with van der Waals surface area (Å²) >= 11 is 0. The van der Waals surface area contributed by atoms with Gasteiger partial charge in [0.2, 0.25) is 0 Å². The van der Waals surface area contributed by atoms with Gasteiger partial charge in [-0.15, -0.1) is 0 Å². The predicted octanol–water partition coefficient (Wildman–Crippen LogP) is 5.25. The summed E-state index contributed by atoms with van der Waals surface area (Å²) < 4.78 is 0. The summed E-state index contributed by atoms with van der Waals surface area (Å²) in [4.78, 5) is 0. The van der Waals surface area contributed by atoms with Crippen LogP contribution in [0, 0.1) is 23.7 Å². The lowest BCUT2D eigenvalue weighted by molar-refractivity contribution is 0.238. The highest BCUT2D eigenvalue weighted by Crippen LogP contribution is 2.53. The molecule has 2 aliphatic rings. The molecule has 0 nitrogen and oxygen atoms in total. The molecular formula is C18H26. The first-order valence-electron chi connectivity index (χ1n) is 7.80. The summed E-state index contributed by atoms with van der Waals surface area (Å²) in [6.45, 7) is 4.83. The van der Waals surface area contributed by atoms with E-state index in [2.05, 4.69) is 44.2 Å². The van der Waals surface area contributed by atoms with Crippen LogP contribution in [0.4, 0.5) is 0 Å². The first-order valence-corrected chi connectivity index (χ1v) is 7.80. The molecule has 3 rings (SSSR count). The van der Waals surface area contributed by atoms with E-state index in [1.54, 1.807) is 5.56 Å². The van der Waals surface area contributed by atoms with Gasteiger partial charge >= 0.3 is 0 Å².